The predicted octanol–water partition coefficient (Wildman–Crippen LogP) is 4.68. The summed E-state index contributed by atoms with van der Waals surface area (Å²) in [5.74, 6) is 1.47. The number of morpholine rings is 1. The fraction of sp³-hybridized carbons (Fsp3) is 0.235. The Balaban J connectivity index is 0.00000131. The number of rotatable bonds is 4. The highest BCUT2D eigenvalue weighted by molar-refractivity contribution is 7.18. The number of pyridine rings is 2. The van der Waals surface area contributed by atoms with E-state index < -0.39 is 0 Å². The largest absolute Gasteiger partial charge is 0.378 e. The summed E-state index contributed by atoms with van der Waals surface area (Å²) in [5, 5.41) is 4.03. The van der Waals surface area contributed by atoms with Gasteiger partial charge < -0.3 is 15.0 Å². The fourth-order valence-corrected chi connectivity index (χ4v) is 3.48. The van der Waals surface area contributed by atoms with Gasteiger partial charge in [0, 0.05) is 13.1 Å². The Morgan fingerprint density at radius 3 is 2.48 bits per heavy atom. The molecule has 1 aliphatic heterocycles. The van der Waals surface area contributed by atoms with Crippen molar-refractivity contribution in [2.24, 2.45) is 0 Å². The first kappa shape index (κ1) is 21.7. The van der Waals surface area contributed by atoms with Crippen LogP contribution in [-0.4, -0.2) is 41.3 Å². The third-order valence-corrected chi connectivity index (χ3v) is 4.96. The van der Waals surface area contributed by atoms with Crippen molar-refractivity contribution in [2.45, 2.75) is 0 Å². The molecule has 3 aromatic rings. The first-order chi connectivity index (χ1) is 12.3. The summed E-state index contributed by atoms with van der Waals surface area (Å²) in [4.78, 5) is 15.6. The number of nitrogens with zero attached hydrogens (tertiary/aromatic N) is 4. The van der Waals surface area contributed by atoms with Gasteiger partial charge in [-0.25, -0.2) is 15.0 Å². The molecule has 1 fully saturated rings. The smallest absolute Gasteiger partial charge is 0.143 e. The minimum Gasteiger partial charge on any atom is -0.378 e. The standard InChI is InChI=1S/C17H16ClN5OS.2ClH/c18-14-11-20-17(25-14)13-2-1-3-16(21-13)22-15-5-4-12(10-19-15)23-6-8-24-9-7-23;;/h1-5,10-11H,6-9H2,(H,19,21,22);2*1H. The molecule has 0 bridgehead atoms. The first-order valence-corrected chi connectivity index (χ1v) is 9.12. The second kappa shape index (κ2) is 10.1. The van der Waals surface area contributed by atoms with Gasteiger partial charge in [-0.3, -0.25) is 0 Å². The zero-order chi connectivity index (χ0) is 17.1. The number of aromatic nitrogens is 3. The van der Waals surface area contributed by atoms with Gasteiger partial charge in [0.05, 0.1) is 31.3 Å². The van der Waals surface area contributed by atoms with Crippen LogP contribution in [0, 0.1) is 0 Å². The lowest BCUT2D eigenvalue weighted by atomic mass is 10.3. The molecule has 1 N–H and O–H groups in total. The van der Waals surface area contributed by atoms with E-state index in [-0.39, 0.29) is 24.8 Å². The van der Waals surface area contributed by atoms with Crippen LogP contribution in [0.3, 0.4) is 0 Å². The molecular weight excluding hydrogens is 429 g/mol. The van der Waals surface area contributed by atoms with Gasteiger partial charge in [0.25, 0.3) is 0 Å². The molecule has 0 spiro atoms. The lowest BCUT2D eigenvalue weighted by molar-refractivity contribution is 0.122. The summed E-state index contributed by atoms with van der Waals surface area (Å²) in [6.45, 7) is 3.32. The molecule has 27 heavy (non-hydrogen) atoms. The van der Waals surface area contributed by atoms with Gasteiger partial charge in [-0.05, 0) is 24.3 Å². The minimum absolute atomic E-state index is 0. The van der Waals surface area contributed by atoms with Crippen molar-refractivity contribution >= 4 is 65.1 Å². The lowest BCUT2D eigenvalue weighted by Crippen LogP contribution is -2.36. The number of nitrogens with one attached hydrogen (secondary N) is 1. The van der Waals surface area contributed by atoms with Crippen LogP contribution in [0.5, 0.6) is 0 Å². The van der Waals surface area contributed by atoms with E-state index in [1.807, 2.05) is 30.5 Å². The second-order valence-corrected chi connectivity index (χ2v) is 7.17. The minimum atomic E-state index is 0. The predicted molar refractivity (Wildman–Crippen MR) is 115 cm³/mol. The molecule has 0 amide bonds. The van der Waals surface area contributed by atoms with Crippen LogP contribution < -0.4 is 10.2 Å². The van der Waals surface area contributed by atoms with Crippen molar-refractivity contribution in [3.63, 3.8) is 0 Å². The number of hydrogen-bond acceptors (Lipinski definition) is 7. The molecule has 4 rings (SSSR count). The molecule has 4 heterocycles. The van der Waals surface area contributed by atoms with Crippen LogP contribution in [0.2, 0.25) is 4.34 Å². The molecule has 0 aromatic carbocycles. The molecule has 0 unspecified atom stereocenters. The van der Waals surface area contributed by atoms with Crippen molar-refractivity contribution < 1.29 is 4.74 Å². The van der Waals surface area contributed by atoms with Gasteiger partial charge in [0.15, 0.2) is 0 Å². The van der Waals surface area contributed by atoms with Crippen LogP contribution in [0.25, 0.3) is 10.7 Å². The van der Waals surface area contributed by atoms with Crippen molar-refractivity contribution in [3.05, 3.63) is 47.1 Å². The highest BCUT2D eigenvalue weighted by Gasteiger charge is 2.11. The zero-order valence-electron chi connectivity index (χ0n) is 14.2. The number of anilines is 3. The van der Waals surface area contributed by atoms with E-state index in [4.69, 9.17) is 16.3 Å². The van der Waals surface area contributed by atoms with E-state index in [1.165, 1.54) is 11.3 Å². The topological polar surface area (TPSA) is 63.2 Å². The molecule has 0 atom stereocenters. The van der Waals surface area contributed by atoms with Crippen LogP contribution in [-0.2, 0) is 4.74 Å². The maximum atomic E-state index is 5.95. The molecule has 0 aliphatic carbocycles. The Morgan fingerprint density at radius 2 is 1.81 bits per heavy atom. The highest BCUT2D eigenvalue weighted by Crippen LogP contribution is 2.28. The number of ether oxygens (including phenoxy) is 1. The number of thiazole rings is 1. The average Bonchev–Trinajstić information content (AvgIpc) is 3.10. The summed E-state index contributed by atoms with van der Waals surface area (Å²) in [6, 6.07) is 9.76. The van der Waals surface area contributed by atoms with E-state index in [1.54, 1.807) is 6.20 Å². The van der Waals surface area contributed by atoms with Crippen LogP contribution in [0.1, 0.15) is 0 Å². The lowest BCUT2D eigenvalue weighted by Gasteiger charge is -2.28. The normalized spacial score (nSPS) is 13.4. The van der Waals surface area contributed by atoms with E-state index >= 15 is 0 Å². The molecular formula is C17H18Cl3N5OS. The van der Waals surface area contributed by atoms with Gasteiger partial charge in [-0.2, -0.15) is 0 Å². The van der Waals surface area contributed by atoms with E-state index in [9.17, 15) is 0 Å². The third kappa shape index (κ3) is 5.43. The quantitative estimate of drug-likeness (QED) is 0.628. The van der Waals surface area contributed by atoms with Crippen LogP contribution >= 0.6 is 47.8 Å². The molecule has 6 nitrogen and oxygen atoms in total. The Bertz CT molecular complexity index is 856. The SMILES string of the molecule is Cl.Cl.Clc1cnc(-c2cccc(Nc3ccc(N4CCOCC4)cn3)n2)s1. The van der Waals surface area contributed by atoms with E-state index in [0.29, 0.717) is 4.34 Å². The summed E-state index contributed by atoms with van der Waals surface area (Å²) in [6.07, 6.45) is 3.51. The molecule has 0 saturated carbocycles. The number of hydrogen-bond donors (Lipinski definition) is 1. The van der Waals surface area contributed by atoms with Gasteiger partial charge >= 0.3 is 0 Å². The van der Waals surface area contributed by atoms with Gasteiger partial charge in [0.2, 0.25) is 0 Å². The number of halogens is 3. The van der Waals surface area contributed by atoms with Gasteiger partial charge in [-0.1, -0.05) is 17.7 Å². The monoisotopic (exact) mass is 445 g/mol. The molecule has 1 saturated heterocycles. The Labute approximate surface area is 178 Å². The Kier molecular flexibility index (Phi) is 8.07. The van der Waals surface area contributed by atoms with Crippen LogP contribution in [0.4, 0.5) is 17.3 Å². The van der Waals surface area contributed by atoms with Gasteiger partial charge in [0.1, 0.15) is 26.7 Å². The van der Waals surface area contributed by atoms with Crippen molar-refractivity contribution in [2.75, 3.05) is 36.5 Å². The average molecular weight is 447 g/mol. The third-order valence-electron chi connectivity index (χ3n) is 3.83. The Morgan fingerprint density at radius 1 is 1.00 bits per heavy atom. The summed E-state index contributed by atoms with van der Waals surface area (Å²) in [7, 11) is 0. The van der Waals surface area contributed by atoms with Crippen molar-refractivity contribution in [3.8, 4) is 10.7 Å². The summed E-state index contributed by atoms with van der Waals surface area (Å²) >= 11 is 7.36. The van der Waals surface area contributed by atoms with Crippen molar-refractivity contribution in [1.82, 2.24) is 15.0 Å². The van der Waals surface area contributed by atoms with E-state index in [0.717, 1.165) is 54.3 Å². The van der Waals surface area contributed by atoms with Crippen LogP contribution in [0.15, 0.2) is 42.7 Å². The summed E-state index contributed by atoms with van der Waals surface area (Å²) < 4.78 is 6.03. The maximum Gasteiger partial charge on any atom is 0.143 e. The fourth-order valence-electron chi connectivity index (χ4n) is 2.60. The second-order valence-electron chi connectivity index (χ2n) is 5.50. The Hall–Kier alpha value is -1.64. The molecule has 3 aromatic heterocycles. The molecule has 0 radical (unpaired) electrons. The summed E-state index contributed by atoms with van der Waals surface area (Å²) in [5.41, 5.74) is 1.89. The molecule has 1 aliphatic rings. The van der Waals surface area contributed by atoms with Gasteiger partial charge in [-0.15, -0.1) is 36.2 Å². The highest BCUT2D eigenvalue weighted by atomic mass is 35.5. The first-order valence-electron chi connectivity index (χ1n) is 7.92. The van der Waals surface area contributed by atoms with Crippen molar-refractivity contribution in [1.29, 1.82) is 0 Å². The molecule has 144 valence electrons. The maximum absolute atomic E-state index is 5.95. The molecule has 10 heteroatoms. The van der Waals surface area contributed by atoms with E-state index in [2.05, 4.69) is 31.2 Å². The zero-order valence-corrected chi connectivity index (χ0v) is 17.4.